The van der Waals surface area contributed by atoms with E-state index in [0.717, 1.165) is 17.7 Å². The summed E-state index contributed by atoms with van der Waals surface area (Å²) in [5.41, 5.74) is 6.35. The summed E-state index contributed by atoms with van der Waals surface area (Å²) in [6.07, 6.45) is 0.746. The average Bonchev–Trinajstić information content (AvgIpc) is 2.35. The monoisotopic (exact) mass is 257 g/mol. The normalized spacial score (nSPS) is 13.8. The molecule has 2 N–H and O–H groups in total. The number of rotatable bonds is 5. The van der Waals surface area contributed by atoms with Gasteiger partial charge in [0.1, 0.15) is 13.2 Å². The summed E-state index contributed by atoms with van der Waals surface area (Å²) >= 11 is 6.16. The standard InChI is InChI=1S/C12H16ClNO3/c13-10-8-12-11(16-5-6-17-12)7-9(10)1-3-15-4-2-14/h7-8H,1-6,14H2. The van der Waals surface area contributed by atoms with Crippen LogP contribution in [0.4, 0.5) is 0 Å². The lowest BCUT2D eigenvalue weighted by molar-refractivity contribution is 0.144. The average molecular weight is 258 g/mol. The highest BCUT2D eigenvalue weighted by Crippen LogP contribution is 2.35. The van der Waals surface area contributed by atoms with Gasteiger partial charge in [0.15, 0.2) is 11.5 Å². The molecule has 0 spiro atoms. The Morgan fingerprint density at radius 3 is 2.59 bits per heavy atom. The molecule has 0 saturated heterocycles. The Labute approximate surface area is 106 Å². The van der Waals surface area contributed by atoms with Crippen molar-refractivity contribution < 1.29 is 14.2 Å². The quantitative estimate of drug-likeness (QED) is 0.815. The molecule has 17 heavy (non-hydrogen) atoms. The lowest BCUT2D eigenvalue weighted by atomic mass is 10.1. The molecule has 1 heterocycles. The van der Waals surface area contributed by atoms with E-state index in [0.29, 0.717) is 43.7 Å². The van der Waals surface area contributed by atoms with Crippen LogP contribution in [0.1, 0.15) is 5.56 Å². The molecule has 0 aliphatic carbocycles. The molecular weight excluding hydrogens is 242 g/mol. The van der Waals surface area contributed by atoms with Crippen molar-refractivity contribution in [3.63, 3.8) is 0 Å². The van der Waals surface area contributed by atoms with Gasteiger partial charge in [0, 0.05) is 17.6 Å². The maximum Gasteiger partial charge on any atom is 0.162 e. The molecule has 0 aromatic heterocycles. The van der Waals surface area contributed by atoms with E-state index >= 15 is 0 Å². The molecule has 1 aromatic carbocycles. The first-order chi connectivity index (χ1) is 8.31. The molecule has 0 fully saturated rings. The summed E-state index contributed by atoms with van der Waals surface area (Å²) in [6.45, 7) is 2.87. The highest BCUT2D eigenvalue weighted by atomic mass is 35.5. The molecule has 1 aliphatic rings. The van der Waals surface area contributed by atoms with Gasteiger partial charge in [-0.15, -0.1) is 0 Å². The van der Waals surface area contributed by atoms with Gasteiger partial charge in [-0.05, 0) is 18.1 Å². The van der Waals surface area contributed by atoms with Crippen LogP contribution >= 0.6 is 11.6 Å². The minimum absolute atomic E-state index is 0.537. The first kappa shape index (κ1) is 12.5. The van der Waals surface area contributed by atoms with Gasteiger partial charge in [0.2, 0.25) is 0 Å². The predicted molar refractivity (Wildman–Crippen MR) is 66.0 cm³/mol. The minimum Gasteiger partial charge on any atom is -0.486 e. The minimum atomic E-state index is 0.537. The van der Waals surface area contributed by atoms with Gasteiger partial charge in [-0.2, -0.15) is 0 Å². The van der Waals surface area contributed by atoms with Crippen molar-refractivity contribution in [3.8, 4) is 11.5 Å². The van der Waals surface area contributed by atoms with E-state index in [9.17, 15) is 0 Å². The Balaban J connectivity index is 2.01. The number of fused-ring (bicyclic) bond motifs is 1. The first-order valence-electron chi connectivity index (χ1n) is 5.67. The lowest BCUT2D eigenvalue weighted by Crippen LogP contribution is -2.16. The highest BCUT2D eigenvalue weighted by molar-refractivity contribution is 6.31. The van der Waals surface area contributed by atoms with E-state index in [1.165, 1.54) is 0 Å². The summed E-state index contributed by atoms with van der Waals surface area (Å²) < 4.78 is 16.3. The Hall–Kier alpha value is -0.970. The van der Waals surface area contributed by atoms with E-state index < -0.39 is 0 Å². The third kappa shape index (κ3) is 3.25. The van der Waals surface area contributed by atoms with E-state index in [-0.39, 0.29) is 0 Å². The first-order valence-corrected chi connectivity index (χ1v) is 6.05. The smallest absolute Gasteiger partial charge is 0.162 e. The van der Waals surface area contributed by atoms with Crippen molar-refractivity contribution >= 4 is 11.6 Å². The van der Waals surface area contributed by atoms with Gasteiger partial charge in [-0.3, -0.25) is 0 Å². The van der Waals surface area contributed by atoms with Crippen LogP contribution in [0.3, 0.4) is 0 Å². The predicted octanol–water partition coefficient (Wildman–Crippen LogP) is 1.63. The Morgan fingerprint density at radius 1 is 1.18 bits per heavy atom. The van der Waals surface area contributed by atoms with Crippen LogP contribution in [0.25, 0.3) is 0 Å². The SMILES string of the molecule is NCCOCCc1cc2c(cc1Cl)OCCO2. The summed E-state index contributed by atoms with van der Waals surface area (Å²) in [5.74, 6) is 1.47. The van der Waals surface area contributed by atoms with Gasteiger partial charge in [0.05, 0.1) is 13.2 Å². The third-order valence-corrected chi connectivity index (χ3v) is 2.84. The second kappa shape index (κ2) is 6.10. The van der Waals surface area contributed by atoms with Crippen LogP contribution in [-0.2, 0) is 11.2 Å². The van der Waals surface area contributed by atoms with Crippen molar-refractivity contribution in [2.75, 3.05) is 33.0 Å². The Bertz CT molecular complexity index is 384. The Morgan fingerprint density at radius 2 is 1.88 bits per heavy atom. The molecule has 0 amide bonds. The van der Waals surface area contributed by atoms with Gasteiger partial charge in [-0.1, -0.05) is 11.6 Å². The zero-order valence-corrected chi connectivity index (χ0v) is 10.3. The number of benzene rings is 1. The maximum atomic E-state index is 6.16. The fourth-order valence-electron chi connectivity index (χ4n) is 1.67. The zero-order chi connectivity index (χ0) is 12.1. The molecule has 4 nitrogen and oxygen atoms in total. The van der Waals surface area contributed by atoms with Crippen molar-refractivity contribution in [3.05, 3.63) is 22.7 Å². The van der Waals surface area contributed by atoms with Crippen molar-refractivity contribution in [1.29, 1.82) is 0 Å². The number of ether oxygens (including phenoxy) is 3. The van der Waals surface area contributed by atoms with Crippen LogP contribution in [0, 0.1) is 0 Å². The van der Waals surface area contributed by atoms with Crippen LogP contribution < -0.4 is 15.2 Å². The van der Waals surface area contributed by atoms with E-state index in [4.69, 9.17) is 31.5 Å². The Kier molecular flexibility index (Phi) is 4.48. The van der Waals surface area contributed by atoms with E-state index in [1.807, 2.05) is 6.07 Å². The molecule has 0 atom stereocenters. The van der Waals surface area contributed by atoms with E-state index in [1.54, 1.807) is 6.07 Å². The van der Waals surface area contributed by atoms with Crippen LogP contribution in [0.2, 0.25) is 5.02 Å². The van der Waals surface area contributed by atoms with Crippen molar-refractivity contribution in [2.45, 2.75) is 6.42 Å². The molecule has 0 radical (unpaired) electrons. The van der Waals surface area contributed by atoms with Gasteiger partial charge >= 0.3 is 0 Å². The maximum absolute atomic E-state index is 6.16. The second-order valence-electron chi connectivity index (χ2n) is 3.74. The summed E-state index contributed by atoms with van der Waals surface area (Å²) in [7, 11) is 0. The summed E-state index contributed by atoms with van der Waals surface area (Å²) in [4.78, 5) is 0. The molecule has 94 valence electrons. The highest BCUT2D eigenvalue weighted by Gasteiger charge is 2.14. The molecule has 1 aliphatic heterocycles. The largest absolute Gasteiger partial charge is 0.486 e. The van der Waals surface area contributed by atoms with Gasteiger partial charge < -0.3 is 19.9 Å². The number of hydrogen-bond donors (Lipinski definition) is 1. The molecule has 1 aromatic rings. The van der Waals surface area contributed by atoms with E-state index in [2.05, 4.69) is 0 Å². The molecular formula is C12H16ClNO3. The van der Waals surface area contributed by atoms with Crippen molar-refractivity contribution in [1.82, 2.24) is 0 Å². The molecule has 0 bridgehead atoms. The summed E-state index contributed by atoms with van der Waals surface area (Å²) in [6, 6.07) is 3.72. The van der Waals surface area contributed by atoms with Crippen molar-refractivity contribution in [2.24, 2.45) is 5.73 Å². The van der Waals surface area contributed by atoms with Crippen LogP contribution in [0.5, 0.6) is 11.5 Å². The van der Waals surface area contributed by atoms with Crippen LogP contribution in [-0.4, -0.2) is 33.0 Å². The number of nitrogens with two attached hydrogens (primary N) is 1. The zero-order valence-electron chi connectivity index (χ0n) is 9.58. The fourth-order valence-corrected chi connectivity index (χ4v) is 1.91. The lowest BCUT2D eigenvalue weighted by Gasteiger charge is -2.19. The molecule has 0 saturated carbocycles. The molecule has 0 unspecified atom stereocenters. The fraction of sp³-hybridized carbons (Fsp3) is 0.500. The number of halogens is 1. The van der Waals surface area contributed by atoms with Gasteiger partial charge in [-0.25, -0.2) is 0 Å². The third-order valence-electron chi connectivity index (χ3n) is 2.49. The van der Waals surface area contributed by atoms with Gasteiger partial charge in [0.25, 0.3) is 0 Å². The molecule has 2 rings (SSSR count). The van der Waals surface area contributed by atoms with Crippen LogP contribution in [0.15, 0.2) is 12.1 Å². The topological polar surface area (TPSA) is 53.7 Å². The summed E-state index contributed by atoms with van der Waals surface area (Å²) in [5, 5.41) is 0.686. The molecule has 5 heteroatoms. The second-order valence-corrected chi connectivity index (χ2v) is 4.15. The number of hydrogen-bond acceptors (Lipinski definition) is 4.